The van der Waals surface area contributed by atoms with Gasteiger partial charge in [0.2, 0.25) is 11.8 Å². The minimum Gasteiger partial charge on any atom is -0.381 e. The van der Waals surface area contributed by atoms with Gasteiger partial charge in [-0.1, -0.05) is 30.3 Å². The summed E-state index contributed by atoms with van der Waals surface area (Å²) in [4.78, 5) is 26.5. The minimum atomic E-state index is -0.557. The Labute approximate surface area is 161 Å². The Morgan fingerprint density at radius 3 is 2.44 bits per heavy atom. The van der Waals surface area contributed by atoms with Gasteiger partial charge in [-0.2, -0.15) is 0 Å². The lowest BCUT2D eigenvalue weighted by molar-refractivity contribution is -0.134. The maximum absolute atomic E-state index is 12.4. The molecule has 6 nitrogen and oxygen atoms in total. The Morgan fingerprint density at radius 2 is 1.78 bits per heavy atom. The van der Waals surface area contributed by atoms with E-state index in [4.69, 9.17) is 10.5 Å². The molecule has 6 heteroatoms. The third-order valence-corrected chi connectivity index (χ3v) is 5.82. The van der Waals surface area contributed by atoms with E-state index in [1.807, 2.05) is 11.0 Å². The molecule has 2 fully saturated rings. The molecule has 0 saturated carbocycles. The number of benzene rings is 1. The van der Waals surface area contributed by atoms with Gasteiger partial charge in [0.05, 0.1) is 12.6 Å². The molecule has 3 N–H and O–H groups in total. The summed E-state index contributed by atoms with van der Waals surface area (Å²) in [5.41, 5.74) is 7.41. The van der Waals surface area contributed by atoms with Gasteiger partial charge in [-0.15, -0.1) is 0 Å². The topological polar surface area (TPSA) is 84.7 Å². The minimum absolute atomic E-state index is 0.0133. The van der Waals surface area contributed by atoms with Crippen molar-refractivity contribution in [3.05, 3.63) is 35.9 Å². The molecule has 1 aromatic rings. The number of nitrogens with one attached hydrogen (secondary N) is 1. The van der Waals surface area contributed by atoms with Crippen LogP contribution in [0.2, 0.25) is 0 Å². The molecule has 0 bridgehead atoms. The Hall–Kier alpha value is -1.92. The average Bonchev–Trinajstić information content (AvgIpc) is 2.73. The van der Waals surface area contributed by atoms with Gasteiger partial charge in [0.25, 0.3) is 0 Å². The van der Waals surface area contributed by atoms with E-state index in [9.17, 15) is 9.59 Å². The number of amides is 2. The van der Waals surface area contributed by atoms with E-state index in [1.165, 1.54) is 5.56 Å². The van der Waals surface area contributed by atoms with Crippen LogP contribution in [0.4, 0.5) is 0 Å². The third-order valence-electron chi connectivity index (χ3n) is 5.82. The molecule has 27 heavy (non-hydrogen) atoms. The maximum atomic E-state index is 12.4. The molecule has 148 valence electrons. The van der Waals surface area contributed by atoms with Crippen molar-refractivity contribution in [2.75, 3.05) is 32.8 Å². The first-order valence-corrected chi connectivity index (χ1v) is 10.1. The van der Waals surface area contributed by atoms with E-state index in [1.54, 1.807) is 0 Å². The Kier molecular flexibility index (Phi) is 7.24. The van der Waals surface area contributed by atoms with Gasteiger partial charge in [-0.05, 0) is 49.5 Å². The highest BCUT2D eigenvalue weighted by Gasteiger charge is 2.28. The van der Waals surface area contributed by atoms with E-state index in [-0.39, 0.29) is 24.3 Å². The van der Waals surface area contributed by atoms with Gasteiger partial charge in [0.1, 0.15) is 0 Å². The molecule has 0 aromatic heterocycles. The lowest BCUT2D eigenvalue weighted by Crippen LogP contribution is -2.50. The summed E-state index contributed by atoms with van der Waals surface area (Å²) in [6, 6.07) is 9.94. The van der Waals surface area contributed by atoms with Crippen LogP contribution < -0.4 is 11.1 Å². The second-order valence-corrected chi connectivity index (χ2v) is 7.71. The maximum Gasteiger partial charge on any atom is 0.241 e. The number of hydrogen-bond acceptors (Lipinski definition) is 4. The quantitative estimate of drug-likeness (QED) is 0.788. The van der Waals surface area contributed by atoms with Crippen LogP contribution >= 0.6 is 0 Å². The molecular formula is C21H31N3O3. The van der Waals surface area contributed by atoms with Crippen molar-refractivity contribution in [3.63, 3.8) is 0 Å². The fraction of sp³-hybridized carbons (Fsp3) is 0.619. The predicted molar refractivity (Wildman–Crippen MR) is 104 cm³/mol. The van der Waals surface area contributed by atoms with E-state index in [2.05, 4.69) is 29.6 Å². The molecule has 1 atom stereocenters. The summed E-state index contributed by atoms with van der Waals surface area (Å²) < 4.78 is 5.31. The average molecular weight is 373 g/mol. The number of hydrogen-bond donors (Lipinski definition) is 2. The number of nitrogens with two attached hydrogens (primary N) is 1. The molecule has 2 aliphatic rings. The normalized spacial score (nSPS) is 20.3. The van der Waals surface area contributed by atoms with E-state index >= 15 is 0 Å². The zero-order valence-corrected chi connectivity index (χ0v) is 15.9. The van der Waals surface area contributed by atoms with Crippen LogP contribution in [-0.2, 0) is 20.7 Å². The van der Waals surface area contributed by atoms with Gasteiger partial charge in [-0.25, -0.2) is 0 Å². The summed E-state index contributed by atoms with van der Waals surface area (Å²) >= 11 is 0. The summed E-state index contributed by atoms with van der Waals surface area (Å²) in [6.07, 6.45) is 4.70. The second-order valence-electron chi connectivity index (χ2n) is 7.71. The van der Waals surface area contributed by atoms with Crippen LogP contribution in [0.15, 0.2) is 30.3 Å². The lowest BCUT2D eigenvalue weighted by Gasteiger charge is -2.32. The van der Waals surface area contributed by atoms with Gasteiger partial charge in [0.15, 0.2) is 0 Å². The molecular weight excluding hydrogens is 342 g/mol. The zero-order valence-electron chi connectivity index (χ0n) is 15.9. The van der Waals surface area contributed by atoms with Gasteiger partial charge in [0, 0.05) is 26.3 Å². The Balaban J connectivity index is 1.37. The standard InChI is InChI=1S/C21H31N3O3/c22-20(18-8-12-27-13-9-18)21(26)23-15-19(25)24-10-6-17(7-11-24)14-16-4-2-1-3-5-16/h1-5,17-18,20H,6-15,22H2,(H,23,26). The molecule has 1 unspecified atom stereocenters. The van der Waals surface area contributed by atoms with E-state index < -0.39 is 6.04 Å². The first-order chi connectivity index (χ1) is 13.1. The van der Waals surface area contributed by atoms with E-state index in [0.717, 1.165) is 45.2 Å². The first kappa shape index (κ1) is 19.8. The molecule has 0 radical (unpaired) electrons. The van der Waals surface area contributed by atoms with Crippen LogP contribution in [0.3, 0.4) is 0 Å². The van der Waals surface area contributed by atoms with Crippen molar-refractivity contribution in [2.45, 2.75) is 38.1 Å². The number of carbonyl (C=O) groups is 2. The summed E-state index contributed by atoms with van der Waals surface area (Å²) in [5.74, 6) is 0.519. The van der Waals surface area contributed by atoms with Crippen molar-refractivity contribution < 1.29 is 14.3 Å². The monoisotopic (exact) mass is 373 g/mol. The molecule has 0 aliphatic carbocycles. The zero-order chi connectivity index (χ0) is 19.1. The molecule has 2 heterocycles. The van der Waals surface area contributed by atoms with Crippen LogP contribution in [0.25, 0.3) is 0 Å². The van der Waals surface area contributed by atoms with Crippen LogP contribution in [0, 0.1) is 11.8 Å². The number of nitrogens with zero attached hydrogens (tertiary/aromatic N) is 1. The Morgan fingerprint density at radius 1 is 1.11 bits per heavy atom. The molecule has 3 rings (SSSR count). The summed E-state index contributed by atoms with van der Waals surface area (Å²) in [6.45, 7) is 2.88. The van der Waals surface area contributed by atoms with Crippen molar-refractivity contribution in [1.29, 1.82) is 0 Å². The number of piperidine rings is 1. The molecule has 2 saturated heterocycles. The fourth-order valence-electron chi connectivity index (χ4n) is 4.02. The lowest BCUT2D eigenvalue weighted by atomic mass is 9.90. The van der Waals surface area contributed by atoms with Crippen molar-refractivity contribution in [2.24, 2.45) is 17.6 Å². The van der Waals surface area contributed by atoms with Crippen molar-refractivity contribution >= 4 is 11.8 Å². The predicted octanol–water partition coefficient (Wildman–Crippen LogP) is 1.34. The second kappa shape index (κ2) is 9.85. The summed E-state index contributed by atoms with van der Waals surface area (Å²) in [7, 11) is 0. The largest absolute Gasteiger partial charge is 0.381 e. The highest BCUT2D eigenvalue weighted by Crippen LogP contribution is 2.22. The van der Waals surface area contributed by atoms with Crippen LogP contribution in [0.1, 0.15) is 31.2 Å². The number of likely N-dealkylation sites (tertiary alicyclic amines) is 1. The molecule has 1 aromatic carbocycles. The smallest absolute Gasteiger partial charge is 0.241 e. The van der Waals surface area contributed by atoms with Crippen LogP contribution in [0.5, 0.6) is 0 Å². The van der Waals surface area contributed by atoms with E-state index in [0.29, 0.717) is 19.1 Å². The van der Waals surface area contributed by atoms with Crippen molar-refractivity contribution in [1.82, 2.24) is 10.2 Å². The van der Waals surface area contributed by atoms with Crippen molar-refractivity contribution in [3.8, 4) is 0 Å². The van der Waals surface area contributed by atoms with Gasteiger partial charge in [-0.3, -0.25) is 9.59 Å². The SMILES string of the molecule is NC(C(=O)NCC(=O)N1CCC(Cc2ccccc2)CC1)C1CCOCC1. The number of rotatable bonds is 6. The van der Waals surface area contributed by atoms with Gasteiger partial charge >= 0.3 is 0 Å². The molecule has 2 aliphatic heterocycles. The van der Waals surface area contributed by atoms with Crippen LogP contribution in [-0.4, -0.2) is 55.6 Å². The fourth-order valence-corrected chi connectivity index (χ4v) is 4.02. The Bertz CT molecular complexity index is 608. The first-order valence-electron chi connectivity index (χ1n) is 10.1. The van der Waals surface area contributed by atoms with Gasteiger partial charge < -0.3 is 20.7 Å². The number of carbonyl (C=O) groups excluding carboxylic acids is 2. The molecule has 0 spiro atoms. The number of ether oxygens (including phenoxy) is 1. The highest BCUT2D eigenvalue weighted by atomic mass is 16.5. The third kappa shape index (κ3) is 5.78. The summed E-state index contributed by atoms with van der Waals surface area (Å²) in [5, 5.41) is 2.73. The molecule has 2 amide bonds. The highest BCUT2D eigenvalue weighted by molar-refractivity contribution is 5.87.